The van der Waals surface area contributed by atoms with Crippen LogP contribution >= 0.6 is 11.6 Å². The van der Waals surface area contributed by atoms with Crippen molar-refractivity contribution in [2.45, 2.75) is 32.7 Å². The lowest BCUT2D eigenvalue weighted by Gasteiger charge is -2.36. The molecule has 1 N–H and O–H groups in total. The van der Waals surface area contributed by atoms with Crippen molar-refractivity contribution in [2.75, 3.05) is 6.54 Å². The summed E-state index contributed by atoms with van der Waals surface area (Å²) in [6.45, 7) is 5.30. The predicted molar refractivity (Wildman–Crippen MR) is 78.5 cm³/mol. The first kappa shape index (κ1) is 14.5. The van der Waals surface area contributed by atoms with E-state index in [0.717, 1.165) is 19.4 Å². The van der Waals surface area contributed by atoms with Crippen molar-refractivity contribution < 1.29 is 8.91 Å². The Morgan fingerprint density at radius 3 is 2.95 bits per heavy atom. The topological polar surface area (TPSA) is 51.0 Å². The second-order valence-corrected chi connectivity index (χ2v) is 6.47. The summed E-state index contributed by atoms with van der Waals surface area (Å²) in [6, 6.07) is 4.43. The van der Waals surface area contributed by atoms with Crippen LogP contribution in [0.1, 0.15) is 38.6 Å². The van der Waals surface area contributed by atoms with Crippen molar-refractivity contribution in [3.05, 3.63) is 34.9 Å². The van der Waals surface area contributed by atoms with E-state index in [0.29, 0.717) is 17.3 Å². The zero-order chi connectivity index (χ0) is 15.0. The van der Waals surface area contributed by atoms with Crippen LogP contribution in [-0.2, 0) is 0 Å². The SMILES string of the molecule is CC1(C)CCCNC1c1nc(-c2ccc(F)c(Cl)c2)no1. The zero-order valence-electron chi connectivity index (χ0n) is 12.0. The van der Waals surface area contributed by atoms with Gasteiger partial charge in [0.15, 0.2) is 0 Å². The van der Waals surface area contributed by atoms with Gasteiger partial charge in [0.1, 0.15) is 5.82 Å². The molecule has 112 valence electrons. The van der Waals surface area contributed by atoms with Crippen molar-refractivity contribution in [3.8, 4) is 11.4 Å². The number of rotatable bonds is 2. The summed E-state index contributed by atoms with van der Waals surface area (Å²) >= 11 is 5.79. The molecule has 1 unspecified atom stereocenters. The van der Waals surface area contributed by atoms with Crippen molar-refractivity contribution >= 4 is 11.6 Å². The van der Waals surface area contributed by atoms with Gasteiger partial charge in [-0.05, 0) is 43.0 Å². The number of aromatic nitrogens is 2. The van der Waals surface area contributed by atoms with Crippen LogP contribution in [0.5, 0.6) is 0 Å². The maximum absolute atomic E-state index is 13.2. The summed E-state index contributed by atoms with van der Waals surface area (Å²) in [6.07, 6.45) is 2.24. The minimum Gasteiger partial charge on any atom is -0.337 e. The molecule has 0 amide bonds. The summed E-state index contributed by atoms with van der Waals surface area (Å²) in [5.74, 6) is 0.532. The Bertz CT molecular complexity index is 656. The molecule has 1 aromatic heterocycles. The van der Waals surface area contributed by atoms with Gasteiger partial charge in [-0.1, -0.05) is 30.6 Å². The maximum Gasteiger partial charge on any atom is 0.244 e. The molecule has 6 heteroatoms. The fourth-order valence-corrected chi connectivity index (χ4v) is 2.92. The summed E-state index contributed by atoms with van der Waals surface area (Å²) < 4.78 is 18.6. The Morgan fingerprint density at radius 1 is 1.43 bits per heavy atom. The van der Waals surface area contributed by atoms with Gasteiger partial charge in [0.05, 0.1) is 11.1 Å². The highest BCUT2D eigenvalue weighted by Gasteiger charge is 2.37. The van der Waals surface area contributed by atoms with Crippen molar-refractivity contribution in [2.24, 2.45) is 5.41 Å². The Labute approximate surface area is 127 Å². The molecule has 0 radical (unpaired) electrons. The van der Waals surface area contributed by atoms with Crippen LogP contribution < -0.4 is 5.32 Å². The van der Waals surface area contributed by atoms with Crippen LogP contribution in [0.25, 0.3) is 11.4 Å². The number of halogens is 2. The lowest BCUT2D eigenvalue weighted by Crippen LogP contribution is -2.39. The molecule has 0 bridgehead atoms. The van der Waals surface area contributed by atoms with E-state index in [-0.39, 0.29) is 16.5 Å². The van der Waals surface area contributed by atoms with Gasteiger partial charge < -0.3 is 9.84 Å². The summed E-state index contributed by atoms with van der Waals surface area (Å²) in [5.41, 5.74) is 0.702. The van der Waals surface area contributed by atoms with Gasteiger partial charge >= 0.3 is 0 Å². The van der Waals surface area contributed by atoms with E-state index in [1.54, 1.807) is 6.07 Å². The molecule has 0 aliphatic carbocycles. The van der Waals surface area contributed by atoms with E-state index in [9.17, 15) is 4.39 Å². The highest BCUT2D eigenvalue weighted by Crippen LogP contribution is 2.39. The number of nitrogens with zero attached hydrogens (tertiary/aromatic N) is 2. The predicted octanol–water partition coefficient (Wildman–Crippen LogP) is 3.98. The molecule has 4 nitrogen and oxygen atoms in total. The minimum absolute atomic E-state index is 0.0309. The number of hydrogen-bond acceptors (Lipinski definition) is 4. The van der Waals surface area contributed by atoms with Gasteiger partial charge in [-0.15, -0.1) is 0 Å². The van der Waals surface area contributed by atoms with E-state index in [1.165, 1.54) is 12.1 Å². The zero-order valence-corrected chi connectivity index (χ0v) is 12.7. The monoisotopic (exact) mass is 309 g/mol. The Morgan fingerprint density at radius 2 is 2.24 bits per heavy atom. The molecule has 3 rings (SSSR count). The van der Waals surface area contributed by atoms with Gasteiger partial charge in [-0.3, -0.25) is 0 Å². The van der Waals surface area contributed by atoms with Crippen LogP contribution in [0.15, 0.2) is 22.7 Å². The summed E-state index contributed by atoms with van der Waals surface area (Å²) in [4.78, 5) is 4.45. The molecule has 1 aromatic carbocycles. The van der Waals surface area contributed by atoms with Crippen molar-refractivity contribution in [3.63, 3.8) is 0 Å². The molecule has 1 atom stereocenters. The molecule has 2 heterocycles. The third kappa shape index (κ3) is 2.80. The van der Waals surface area contributed by atoms with E-state index in [4.69, 9.17) is 16.1 Å². The number of piperidine rings is 1. The number of benzene rings is 1. The largest absolute Gasteiger partial charge is 0.337 e. The van der Waals surface area contributed by atoms with E-state index in [1.807, 2.05) is 0 Å². The Kier molecular flexibility index (Phi) is 3.71. The molecule has 2 aromatic rings. The highest BCUT2D eigenvalue weighted by atomic mass is 35.5. The smallest absolute Gasteiger partial charge is 0.244 e. The average Bonchev–Trinajstić information content (AvgIpc) is 2.91. The molecule has 0 spiro atoms. The average molecular weight is 310 g/mol. The van der Waals surface area contributed by atoms with Crippen LogP contribution in [0.3, 0.4) is 0 Å². The first-order chi connectivity index (χ1) is 9.97. The first-order valence-corrected chi connectivity index (χ1v) is 7.37. The first-order valence-electron chi connectivity index (χ1n) is 7.00. The second kappa shape index (κ2) is 5.39. The molecular weight excluding hydrogens is 293 g/mol. The van der Waals surface area contributed by atoms with Gasteiger partial charge in [0.25, 0.3) is 0 Å². The molecule has 21 heavy (non-hydrogen) atoms. The van der Waals surface area contributed by atoms with Gasteiger partial charge in [-0.2, -0.15) is 4.98 Å². The summed E-state index contributed by atoms with van der Waals surface area (Å²) in [7, 11) is 0. The fraction of sp³-hybridized carbons (Fsp3) is 0.467. The standard InChI is InChI=1S/C15H17ClFN3O/c1-15(2)6-3-7-18-12(15)14-19-13(20-21-14)9-4-5-11(17)10(16)8-9/h4-5,8,12,18H,3,6-7H2,1-2H3. The number of nitrogens with one attached hydrogen (secondary N) is 1. The van der Waals surface area contributed by atoms with Crippen LogP contribution in [0.4, 0.5) is 4.39 Å². The van der Waals surface area contributed by atoms with Crippen LogP contribution in [-0.4, -0.2) is 16.7 Å². The molecule has 1 aliphatic heterocycles. The normalized spacial score (nSPS) is 21.4. The molecule has 1 fully saturated rings. The lowest BCUT2D eigenvalue weighted by molar-refractivity contribution is 0.146. The third-order valence-electron chi connectivity index (χ3n) is 3.99. The second-order valence-electron chi connectivity index (χ2n) is 6.06. The Hall–Kier alpha value is -1.46. The van der Waals surface area contributed by atoms with Gasteiger partial charge in [-0.25, -0.2) is 4.39 Å². The van der Waals surface area contributed by atoms with Crippen molar-refractivity contribution in [1.82, 2.24) is 15.5 Å². The molecule has 0 saturated carbocycles. The molecular formula is C15H17ClFN3O. The van der Waals surface area contributed by atoms with E-state index >= 15 is 0 Å². The maximum atomic E-state index is 13.2. The summed E-state index contributed by atoms with van der Waals surface area (Å²) in [5, 5.41) is 7.47. The Balaban J connectivity index is 1.90. The quantitative estimate of drug-likeness (QED) is 0.911. The van der Waals surface area contributed by atoms with Gasteiger partial charge in [0.2, 0.25) is 11.7 Å². The van der Waals surface area contributed by atoms with E-state index < -0.39 is 5.82 Å². The fourth-order valence-electron chi connectivity index (χ4n) is 2.74. The minimum atomic E-state index is -0.459. The molecule has 1 aliphatic rings. The van der Waals surface area contributed by atoms with Crippen LogP contribution in [0, 0.1) is 11.2 Å². The molecule has 1 saturated heterocycles. The highest BCUT2D eigenvalue weighted by molar-refractivity contribution is 6.31. The lowest BCUT2D eigenvalue weighted by atomic mass is 9.77. The van der Waals surface area contributed by atoms with Crippen LogP contribution in [0.2, 0.25) is 5.02 Å². The number of hydrogen-bond donors (Lipinski definition) is 1. The van der Waals surface area contributed by atoms with Crippen molar-refractivity contribution in [1.29, 1.82) is 0 Å². The van der Waals surface area contributed by atoms with Gasteiger partial charge in [0, 0.05) is 5.56 Å². The third-order valence-corrected chi connectivity index (χ3v) is 4.28. The van der Waals surface area contributed by atoms with E-state index in [2.05, 4.69) is 29.3 Å².